The van der Waals surface area contributed by atoms with Crippen molar-refractivity contribution in [3.63, 3.8) is 0 Å². The Morgan fingerprint density at radius 3 is 2.50 bits per heavy atom. The molecule has 1 aromatic rings. The molecule has 0 aromatic heterocycles. The molecule has 0 aliphatic heterocycles. The molecule has 1 rings (SSSR count). The second-order valence-electron chi connectivity index (χ2n) is 3.27. The van der Waals surface area contributed by atoms with Crippen LogP contribution in [-0.2, 0) is 14.3 Å². The van der Waals surface area contributed by atoms with Crippen molar-refractivity contribution in [2.24, 2.45) is 0 Å². The van der Waals surface area contributed by atoms with Crippen LogP contribution < -0.4 is 0 Å². The van der Waals surface area contributed by atoms with E-state index in [1.54, 1.807) is 24.3 Å². The van der Waals surface area contributed by atoms with Gasteiger partial charge in [-0.1, -0.05) is 24.3 Å². The highest BCUT2D eigenvalue weighted by molar-refractivity contribution is 7.85. The lowest BCUT2D eigenvalue weighted by Gasteiger charge is -1.97. The Kier molecular flexibility index (Phi) is 4.64. The third kappa shape index (κ3) is 5.63. The summed E-state index contributed by atoms with van der Waals surface area (Å²) >= 11 is 0. The molecule has 0 radical (unpaired) electrons. The van der Waals surface area contributed by atoms with E-state index in [0.717, 1.165) is 11.8 Å². The first kappa shape index (κ1) is 12.9. The van der Waals surface area contributed by atoms with E-state index in [0.29, 0.717) is 6.42 Å². The fraction of sp³-hybridized carbons (Fsp3) is 0.273. The Morgan fingerprint density at radius 1 is 1.31 bits per heavy atom. The molecule has 0 aliphatic rings. The predicted molar refractivity (Wildman–Crippen MR) is 60.8 cm³/mol. The van der Waals surface area contributed by atoms with Gasteiger partial charge >= 0.3 is 0 Å². The molecule has 0 amide bonds. The highest BCUT2D eigenvalue weighted by Crippen LogP contribution is 2.05. The molecular formula is C11H13FO3S. The van der Waals surface area contributed by atoms with E-state index >= 15 is 0 Å². The standard InChI is InChI=1S/C11H13FO3S/c1-16(13,14)15-9-3-2-4-10-5-7-11(12)8-6-10/h2,4-8H,3,9H2,1H3/b4-2+. The van der Waals surface area contributed by atoms with Crippen molar-refractivity contribution in [1.82, 2.24) is 0 Å². The summed E-state index contributed by atoms with van der Waals surface area (Å²) in [6.45, 7) is 0.122. The average molecular weight is 244 g/mol. The minimum absolute atomic E-state index is 0.122. The van der Waals surface area contributed by atoms with Crippen LogP contribution in [0.1, 0.15) is 12.0 Å². The van der Waals surface area contributed by atoms with Gasteiger partial charge in [0, 0.05) is 0 Å². The molecular weight excluding hydrogens is 231 g/mol. The van der Waals surface area contributed by atoms with Crippen LogP contribution in [0.4, 0.5) is 4.39 Å². The number of rotatable bonds is 5. The van der Waals surface area contributed by atoms with Crippen LogP contribution in [0.3, 0.4) is 0 Å². The maximum absolute atomic E-state index is 12.6. The van der Waals surface area contributed by atoms with Crippen LogP contribution in [0.25, 0.3) is 6.08 Å². The first-order valence-corrected chi connectivity index (χ1v) is 6.55. The Labute approximate surface area is 94.7 Å². The largest absolute Gasteiger partial charge is 0.270 e. The monoisotopic (exact) mass is 244 g/mol. The average Bonchev–Trinajstić information content (AvgIpc) is 2.19. The molecule has 88 valence electrons. The molecule has 1 aromatic carbocycles. The van der Waals surface area contributed by atoms with Crippen LogP contribution in [0, 0.1) is 5.82 Å². The van der Waals surface area contributed by atoms with Crippen molar-refractivity contribution in [3.8, 4) is 0 Å². The Morgan fingerprint density at radius 2 is 1.94 bits per heavy atom. The van der Waals surface area contributed by atoms with Gasteiger partial charge in [0.1, 0.15) is 5.82 Å². The van der Waals surface area contributed by atoms with Gasteiger partial charge in [-0.15, -0.1) is 0 Å². The molecule has 0 heterocycles. The fourth-order valence-electron chi connectivity index (χ4n) is 1.06. The van der Waals surface area contributed by atoms with E-state index < -0.39 is 10.1 Å². The molecule has 0 spiro atoms. The summed E-state index contributed by atoms with van der Waals surface area (Å²) in [6, 6.07) is 6.02. The number of halogens is 1. The summed E-state index contributed by atoms with van der Waals surface area (Å²) in [7, 11) is -3.36. The minimum Gasteiger partial charge on any atom is -0.270 e. The van der Waals surface area contributed by atoms with Gasteiger partial charge in [-0.05, 0) is 24.1 Å². The lowest BCUT2D eigenvalue weighted by atomic mass is 10.2. The van der Waals surface area contributed by atoms with Gasteiger partial charge in [-0.25, -0.2) is 4.39 Å². The maximum Gasteiger partial charge on any atom is 0.264 e. The molecule has 0 N–H and O–H groups in total. The quantitative estimate of drug-likeness (QED) is 0.589. The zero-order valence-electron chi connectivity index (χ0n) is 8.89. The zero-order valence-corrected chi connectivity index (χ0v) is 9.71. The van der Waals surface area contributed by atoms with Crippen molar-refractivity contribution in [2.75, 3.05) is 12.9 Å². The van der Waals surface area contributed by atoms with Crippen LogP contribution in [0.2, 0.25) is 0 Å². The second kappa shape index (κ2) is 5.77. The molecule has 0 aliphatic carbocycles. The van der Waals surface area contributed by atoms with Gasteiger partial charge in [0.25, 0.3) is 10.1 Å². The molecule has 0 atom stereocenters. The van der Waals surface area contributed by atoms with Gasteiger partial charge in [-0.3, -0.25) is 4.18 Å². The van der Waals surface area contributed by atoms with Crippen LogP contribution in [-0.4, -0.2) is 21.3 Å². The highest BCUT2D eigenvalue weighted by Gasteiger charge is 1.98. The molecule has 0 saturated heterocycles. The van der Waals surface area contributed by atoms with Crippen LogP contribution in [0.5, 0.6) is 0 Å². The molecule has 0 unspecified atom stereocenters. The van der Waals surface area contributed by atoms with Gasteiger partial charge in [0.2, 0.25) is 0 Å². The maximum atomic E-state index is 12.6. The van der Waals surface area contributed by atoms with Gasteiger partial charge in [0.15, 0.2) is 0 Å². The molecule has 3 nitrogen and oxygen atoms in total. The first-order valence-electron chi connectivity index (χ1n) is 4.74. The summed E-state index contributed by atoms with van der Waals surface area (Å²) < 4.78 is 38.3. The zero-order chi connectivity index (χ0) is 12.0. The third-order valence-corrected chi connectivity index (χ3v) is 2.36. The third-order valence-electron chi connectivity index (χ3n) is 1.76. The molecule has 0 fully saturated rings. The SMILES string of the molecule is CS(=O)(=O)OCC/C=C/c1ccc(F)cc1. The fourth-order valence-corrected chi connectivity index (χ4v) is 1.46. The van der Waals surface area contributed by atoms with E-state index in [2.05, 4.69) is 4.18 Å². The van der Waals surface area contributed by atoms with Crippen molar-refractivity contribution in [3.05, 3.63) is 41.7 Å². The lowest BCUT2D eigenvalue weighted by Crippen LogP contribution is -2.02. The molecule has 16 heavy (non-hydrogen) atoms. The van der Waals surface area contributed by atoms with Crippen molar-refractivity contribution >= 4 is 16.2 Å². The van der Waals surface area contributed by atoms with E-state index in [9.17, 15) is 12.8 Å². The van der Waals surface area contributed by atoms with E-state index in [1.807, 2.05) is 0 Å². The van der Waals surface area contributed by atoms with Crippen molar-refractivity contribution < 1.29 is 17.0 Å². The summed E-state index contributed by atoms with van der Waals surface area (Å²) in [4.78, 5) is 0. The summed E-state index contributed by atoms with van der Waals surface area (Å²) in [5.74, 6) is -0.280. The highest BCUT2D eigenvalue weighted by atomic mass is 32.2. The van der Waals surface area contributed by atoms with Crippen LogP contribution in [0.15, 0.2) is 30.3 Å². The molecule has 0 saturated carbocycles. The second-order valence-corrected chi connectivity index (χ2v) is 4.91. The number of hydrogen-bond acceptors (Lipinski definition) is 3. The topological polar surface area (TPSA) is 43.4 Å². The Bertz CT molecular complexity index is 449. The Balaban J connectivity index is 2.35. The number of benzene rings is 1. The Hall–Kier alpha value is -1.20. The van der Waals surface area contributed by atoms with Gasteiger partial charge in [0.05, 0.1) is 12.9 Å². The predicted octanol–water partition coefficient (Wildman–Crippen LogP) is 2.21. The van der Waals surface area contributed by atoms with Crippen molar-refractivity contribution in [2.45, 2.75) is 6.42 Å². The van der Waals surface area contributed by atoms with E-state index in [1.165, 1.54) is 12.1 Å². The summed E-state index contributed by atoms with van der Waals surface area (Å²) in [5.41, 5.74) is 0.862. The first-order chi connectivity index (χ1) is 7.47. The normalized spacial score (nSPS) is 12.1. The summed E-state index contributed by atoms with van der Waals surface area (Å²) in [6.07, 6.45) is 5.06. The minimum atomic E-state index is -3.36. The van der Waals surface area contributed by atoms with Crippen LogP contribution >= 0.6 is 0 Å². The smallest absolute Gasteiger partial charge is 0.264 e. The van der Waals surface area contributed by atoms with E-state index in [-0.39, 0.29) is 12.4 Å². The van der Waals surface area contributed by atoms with Gasteiger partial charge in [-0.2, -0.15) is 8.42 Å². The number of hydrogen-bond donors (Lipinski definition) is 0. The van der Waals surface area contributed by atoms with Gasteiger partial charge < -0.3 is 0 Å². The van der Waals surface area contributed by atoms with Crippen molar-refractivity contribution in [1.29, 1.82) is 0 Å². The van der Waals surface area contributed by atoms with E-state index in [4.69, 9.17) is 0 Å². The lowest BCUT2D eigenvalue weighted by molar-refractivity contribution is 0.329. The molecule has 0 bridgehead atoms. The summed E-state index contributed by atoms with van der Waals surface area (Å²) in [5, 5.41) is 0. The molecule has 5 heteroatoms.